The normalized spacial score (nSPS) is 10.4. The maximum Gasteiger partial charge on any atom is 0.342 e. The number of aromatic amines is 2. The van der Waals surface area contributed by atoms with Crippen LogP contribution in [-0.2, 0) is 4.79 Å². The standard InChI is InChI=1S/C12H11IN4O3S/c1-6-4-7(13)2-3-8(6)14-9(18)5-21-11-10(19)15-12(20)17-16-11/h2-4H,5H2,1H3,(H,14,18)(H2,15,17,19,20). The van der Waals surface area contributed by atoms with Crippen molar-refractivity contribution in [3.05, 3.63) is 48.2 Å². The number of thioether (sulfide) groups is 1. The number of hydrogen-bond acceptors (Lipinski definition) is 5. The average molecular weight is 418 g/mol. The van der Waals surface area contributed by atoms with Crippen LogP contribution in [0.25, 0.3) is 0 Å². The Hall–Kier alpha value is -1.62. The number of amides is 1. The molecule has 0 unspecified atom stereocenters. The van der Waals surface area contributed by atoms with Crippen molar-refractivity contribution in [3.8, 4) is 0 Å². The van der Waals surface area contributed by atoms with Gasteiger partial charge < -0.3 is 5.32 Å². The van der Waals surface area contributed by atoms with Crippen LogP contribution >= 0.6 is 34.4 Å². The molecule has 0 aliphatic heterocycles. The Bertz CT molecular complexity index is 787. The number of hydrogen-bond donors (Lipinski definition) is 3. The van der Waals surface area contributed by atoms with Gasteiger partial charge in [-0.2, -0.15) is 5.10 Å². The Morgan fingerprint density at radius 2 is 2.19 bits per heavy atom. The molecule has 2 rings (SSSR count). The van der Waals surface area contributed by atoms with Crippen molar-refractivity contribution in [3.63, 3.8) is 0 Å². The molecule has 0 atom stereocenters. The van der Waals surface area contributed by atoms with Gasteiger partial charge in [0.05, 0.1) is 5.75 Å². The average Bonchev–Trinajstić information content (AvgIpc) is 2.41. The van der Waals surface area contributed by atoms with Gasteiger partial charge in [0.25, 0.3) is 5.56 Å². The summed E-state index contributed by atoms with van der Waals surface area (Å²) in [6, 6.07) is 5.67. The zero-order valence-electron chi connectivity index (χ0n) is 10.9. The largest absolute Gasteiger partial charge is 0.342 e. The summed E-state index contributed by atoms with van der Waals surface area (Å²) >= 11 is 3.15. The summed E-state index contributed by atoms with van der Waals surface area (Å²) in [6.45, 7) is 1.90. The number of aryl methyl sites for hydroxylation is 1. The number of carbonyl (C=O) groups is 1. The lowest BCUT2D eigenvalue weighted by Crippen LogP contribution is -2.25. The smallest absolute Gasteiger partial charge is 0.325 e. The van der Waals surface area contributed by atoms with Gasteiger partial charge in [0, 0.05) is 9.26 Å². The van der Waals surface area contributed by atoms with Crippen molar-refractivity contribution in [2.45, 2.75) is 11.9 Å². The van der Waals surface area contributed by atoms with E-state index in [-0.39, 0.29) is 16.7 Å². The van der Waals surface area contributed by atoms with Crippen LogP contribution in [0, 0.1) is 10.5 Å². The van der Waals surface area contributed by atoms with Crippen LogP contribution < -0.4 is 16.6 Å². The fourth-order valence-electron chi connectivity index (χ4n) is 1.52. The molecule has 1 aromatic carbocycles. The van der Waals surface area contributed by atoms with Crippen LogP contribution in [0.2, 0.25) is 0 Å². The summed E-state index contributed by atoms with van der Waals surface area (Å²) in [5, 5.41) is 8.51. The van der Waals surface area contributed by atoms with E-state index in [0.29, 0.717) is 0 Å². The van der Waals surface area contributed by atoms with E-state index in [1.54, 1.807) is 0 Å². The summed E-state index contributed by atoms with van der Waals surface area (Å²) in [6.07, 6.45) is 0. The van der Waals surface area contributed by atoms with Gasteiger partial charge in [0.15, 0.2) is 5.03 Å². The van der Waals surface area contributed by atoms with Crippen molar-refractivity contribution >= 4 is 45.9 Å². The lowest BCUT2D eigenvalue weighted by Gasteiger charge is -2.08. The molecule has 1 amide bonds. The van der Waals surface area contributed by atoms with Gasteiger partial charge in [-0.15, -0.1) is 0 Å². The van der Waals surface area contributed by atoms with E-state index in [0.717, 1.165) is 26.6 Å². The molecule has 0 saturated carbocycles. The molecule has 0 radical (unpaired) electrons. The second kappa shape index (κ2) is 6.89. The highest BCUT2D eigenvalue weighted by Gasteiger charge is 2.09. The summed E-state index contributed by atoms with van der Waals surface area (Å²) < 4.78 is 1.08. The molecule has 0 spiro atoms. The summed E-state index contributed by atoms with van der Waals surface area (Å²) in [5.41, 5.74) is 0.398. The van der Waals surface area contributed by atoms with Crippen LogP contribution in [0.4, 0.5) is 5.69 Å². The lowest BCUT2D eigenvalue weighted by molar-refractivity contribution is -0.113. The fourth-order valence-corrected chi connectivity index (χ4v) is 2.80. The van der Waals surface area contributed by atoms with E-state index in [1.165, 1.54) is 0 Å². The number of aromatic nitrogens is 3. The van der Waals surface area contributed by atoms with Gasteiger partial charge >= 0.3 is 5.69 Å². The first-order valence-corrected chi connectivity index (χ1v) is 7.90. The first-order chi connectivity index (χ1) is 9.95. The number of benzene rings is 1. The lowest BCUT2D eigenvalue weighted by atomic mass is 10.2. The molecule has 2 aromatic rings. The van der Waals surface area contributed by atoms with E-state index in [9.17, 15) is 14.4 Å². The molecule has 0 aliphatic carbocycles. The van der Waals surface area contributed by atoms with E-state index >= 15 is 0 Å². The van der Waals surface area contributed by atoms with Crippen LogP contribution in [0.1, 0.15) is 5.56 Å². The molecule has 9 heteroatoms. The topological polar surface area (TPSA) is 108 Å². The molecule has 1 heterocycles. The molecule has 7 nitrogen and oxygen atoms in total. The highest BCUT2D eigenvalue weighted by atomic mass is 127. The third-order valence-corrected chi connectivity index (χ3v) is 4.11. The number of halogens is 1. The van der Waals surface area contributed by atoms with Gasteiger partial charge in [-0.25, -0.2) is 9.89 Å². The van der Waals surface area contributed by atoms with Gasteiger partial charge in [0.1, 0.15) is 0 Å². The maximum absolute atomic E-state index is 11.9. The Morgan fingerprint density at radius 3 is 2.86 bits per heavy atom. The molecule has 110 valence electrons. The van der Waals surface area contributed by atoms with Crippen molar-refractivity contribution < 1.29 is 4.79 Å². The van der Waals surface area contributed by atoms with Gasteiger partial charge in [0.2, 0.25) is 5.91 Å². The quantitative estimate of drug-likeness (QED) is 0.509. The second-order valence-electron chi connectivity index (χ2n) is 4.11. The zero-order valence-corrected chi connectivity index (χ0v) is 13.9. The van der Waals surface area contributed by atoms with Crippen molar-refractivity contribution in [2.75, 3.05) is 11.1 Å². The summed E-state index contributed by atoms with van der Waals surface area (Å²) in [5.74, 6) is -0.232. The van der Waals surface area contributed by atoms with Crippen LogP contribution in [0.3, 0.4) is 0 Å². The van der Waals surface area contributed by atoms with Crippen LogP contribution in [-0.4, -0.2) is 26.8 Å². The maximum atomic E-state index is 11.9. The van der Waals surface area contributed by atoms with Crippen LogP contribution in [0.15, 0.2) is 32.8 Å². The zero-order chi connectivity index (χ0) is 15.4. The van der Waals surface area contributed by atoms with Gasteiger partial charge in [-0.3, -0.25) is 14.6 Å². The van der Waals surface area contributed by atoms with Crippen molar-refractivity contribution in [1.29, 1.82) is 0 Å². The second-order valence-corrected chi connectivity index (χ2v) is 6.32. The van der Waals surface area contributed by atoms with E-state index in [2.05, 4.69) is 38.1 Å². The van der Waals surface area contributed by atoms with Crippen molar-refractivity contribution in [1.82, 2.24) is 15.2 Å². The Labute approximate surface area is 137 Å². The highest BCUT2D eigenvalue weighted by Crippen LogP contribution is 2.18. The summed E-state index contributed by atoms with van der Waals surface area (Å²) in [4.78, 5) is 36.1. The monoisotopic (exact) mass is 418 g/mol. The van der Waals surface area contributed by atoms with E-state index in [4.69, 9.17) is 0 Å². The first kappa shape index (κ1) is 15.8. The number of rotatable bonds is 4. The molecule has 0 fully saturated rings. The van der Waals surface area contributed by atoms with Crippen molar-refractivity contribution in [2.24, 2.45) is 0 Å². The van der Waals surface area contributed by atoms with Gasteiger partial charge in [-0.1, -0.05) is 11.8 Å². The first-order valence-electron chi connectivity index (χ1n) is 5.83. The predicted octanol–water partition coefficient (Wildman–Crippen LogP) is 1.10. The molecule has 1 aromatic heterocycles. The number of carbonyl (C=O) groups excluding carboxylic acids is 1. The number of anilines is 1. The molecule has 21 heavy (non-hydrogen) atoms. The predicted molar refractivity (Wildman–Crippen MR) is 88.7 cm³/mol. The van der Waals surface area contributed by atoms with Gasteiger partial charge in [-0.05, 0) is 53.3 Å². The Kier molecular flexibility index (Phi) is 5.17. The minimum absolute atomic E-state index is 0.0214. The molecule has 3 N–H and O–H groups in total. The molecule has 0 saturated heterocycles. The highest BCUT2D eigenvalue weighted by molar-refractivity contribution is 14.1. The number of H-pyrrole nitrogens is 2. The molecule has 0 bridgehead atoms. The third-order valence-electron chi connectivity index (χ3n) is 2.48. The minimum Gasteiger partial charge on any atom is -0.325 e. The Morgan fingerprint density at radius 1 is 1.43 bits per heavy atom. The Balaban J connectivity index is 1.99. The molecular formula is C12H11IN4O3S. The minimum atomic E-state index is -0.677. The number of nitrogens with zero attached hydrogens (tertiary/aromatic N) is 1. The molecular weight excluding hydrogens is 407 g/mol. The fraction of sp³-hybridized carbons (Fsp3) is 0.167. The van der Waals surface area contributed by atoms with E-state index in [1.807, 2.05) is 30.1 Å². The van der Waals surface area contributed by atoms with Crippen LogP contribution in [0.5, 0.6) is 0 Å². The number of nitrogens with one attached hydrogen (secondary N) is 3. The molecule has 0 aliphatic rings. The third kappa shape index (κ3) is 4.43. The van der Waals surface area contributed by atoms with E-state index < -0.39 is 11.2 Å². The SMILES string of the molecule is Cc1cc(I)ccc1NC(=O)CSc1n[nH]c(=O)[nH]c1=O. The summed E-state index contributed by atoms with van der Waals surface area (Å²) in [7, 11) is 0.